The summed E-state index contributed by atoms with van der Waals surface area (Å²) in [4.78, 5) is 24.1. The third-order valence-corrected chi connectivity index (χ3v) is 3.85. The fraction of sp³-hybridized carbons (Fsp3) is 0.238. The van der Waals surface area contributed by atoms with Crippen LogP contribution >= 0.6 is 0 Å². The monoisotopic (exact) mass is 354 g/mol. The van der Waals surface area contributed by atoms with Gasteiger partial charge in [-0.05, 0) is 49.2 Å². The van der Waals surface area contributed by atoms with E-state index in [1.807, 2.05) is 12.1 Å². The molecular weight excluding hydrogens is 332 g/mol. The Morgan fingerprint density at radius 3 is 2.27 bits per heavy atom. The predicted octanol–water partition coefficient (Wildman–Crippen LogP) is 4.36. The highest BCUT2D eigenvalue weighted by molar-refractivity contribution is 5.94. The molecule has 0 aliphatic rings. The van der Waals surface area contributed by atoms with E-state index >= 15 is 0 Å². The molecule has 0 bridgehead atoms. The highest BCUT2D eigenvalue weighted by atomic mass is 16.6. The van der Waals surface area contributed by atoms with Crippen molar-refractivity contribution < 1.29 is 23.8 Å². The van der Waals surface area contributed by atoms with Gasteiger partial charge in [0.15, 0.2) is 0 Å². The van der Waals surface area contributed by atoms with Crippen LogP contribution in [0, 0.1) is 0 Å². The van der Waals surface area contributed by atoms with Crippen molar-refractivity contribution in [2.45, 2.75) is 26.4 Å². The number of benzene rings is 2. The van der Waals surface area contributed by atoms with Crippen molar-refractivity contribution in [1.29, 1.82) is 0 Å². The molecule has 0 spiro atoms. The van der Waals surface area contributed by atoms with Gasteiger partial charge in [0.1, 0.15) is 22.7 Å². The van der Waals surface area contributed by atoms with Crippen molar-refractivity contribution >= 4 is 18.0 Å². The largest absolute Gasteiger partial charge is 0.497 e. The van der Waals surface area contributed by atoms with E-state index in [-0.39, 0.29) is 11.3 Å². The third-order valence-electron chi connectivity index (χ3n) is 3.85. The maximum Gasteiger partial charge on any atom is 0.342 e. The summed E-state index contributed by atoms with van der Waals surface area (Å²) in [7, 11) is 1.59. The molecule has 2 aromatic rings. The van der Waals surface area contributed by atoms with E-state index in [9.17, 15) is 9.59 Å². The first-order chi connectivity index (χ1) is 12.3. The summed E-state index contributed by atoms with van der Waals surface area (Å²) in [6.07, 6.45) is 1.60. The molecular formula is C21H22O5. The van der Waals surface area contributed by atoms with Gasteiger partial charge in [-0.2, -0.15) is 0 Å². The van der Waals surface area contributed by atoms with Gasteiger partial charge in [-0.25, -0.2) is 4.79 Å². The zero-order chi connectivity index (χ0) is 19.3. The zero-order valence-electron chi connectivity index (χ0n) is 15.4. The number of methoxy groups -OCH3 is 1. The molecule has 0 radical (unpaired) electrons. The van der Waals surface area contributed by atoms with E-state index in [0.29, 0.717) is 5.75 Å². The lowest BCUT2D eigenvalue weighted by Gasteiger charge is -2.26. The van der Waals surface area contributed by atoms with Crippen molar-refractivity contribution in [3.8, 4) is 11.5 Å². The van der Waals surface area contributed by atoms with Gasteiger partial charge < -0.3 is 14.2 Å². The third kappa shape index (κ3) is 4.51. The zero-order valence-corrected chi connectivity index (χ0v) is 15.4. The number of ether oxygens (including phenoxy) is 3. The number of hydrogen-bond donors (Lipinski definition) is 0. The number of rotatable bonds is 6. The minimum atomic E-state index is -0.888. The van der Waals surface area contributed by atoms with Crippen molar-refractivity contribution in [2.75, 3.05) is 7.11 Å². The van der Waals surface area contributed by atoms with Crippen molar-refractivity contribution in [3.05, 3.63) is 65.7 Å². The molecule has 2 rings (SSSR count). The fourth-order valence-corrected chi connectivity index (χ4v) is 2.42. The Labute approximate surface area is 153 Å². The normalized spacial score (nSPS) is 10.8. The molecule has 0 amide bonds. The fourth-order valence-electron chi connectivity index (χ4n) is 2.42. The second kappa shape index (κ2) is 7.87. The van der Waals surface area contributed by atoms with Crippen LogP contribution in [0.25, 0.3) is 6.08 Å². The second-order valence-corrected chi connectivity index (χ2v) is 6.18. The van der Waals surface area contributed by atoms with Gasteiger partial charge in [0.05, 0.1) is 7.11 Å². The van der Waals surface area contributed by atoms with Gasteiger partial charge in [-0.1, -0.05) is 30.9 Å². The van der Waals surface area contributed by atoms with Crippen LogP contribution < -0.4 is 9.47 Å². The molecule has 0 saturated heterocycles. The molecule has 5 heteroatoms. The van der Waals surface area contributed by atoms with E-state index in [0.717, 1.165) is 11.1 Å². The molecule has 0 aliphatic carbocycles. The number of hydrogen-bond acceptors (Lipinski definition) is 5. The van der Waals surface area contributed by atoms with Gasteiger partial charge in [0, 0.05) is 6.92 Å². The molecule has 0 aliphatic heterocycles. The Morgan fingerprint density at radius 2 is 1.73 bits per heavy atom. The minimum Gasteiger partial charge on any atom is -0.497 e. The van der Waals surface area contributed by atoms with Crippen LogP contribution in [0.2, 0.25) is 0 Å². The molecule has 0 fully saturated rings. The summed E-state index contributed by atoms with van der Waals surface area (Å²) in [5.41, 5.74) is 0.802. The SMILES string of the molecule is C=Cc1ccc(OC(C)=O)c(C(=O)OC(C)(C)c2ccc(OC)cc2)c1. The van der Waals surface area contributed by atoms with Crippen molar-refractivity contribution in [1.82, 2.24) is 0 Å². The van der Waals surface area contributed by atoms with Crippen LogP contribution in [0.3, 0.4) is 0 Å². The van der Waals surface area contributed by atoms with Crippen molar-refractivity contribution in [2.24, 2.45) is 0 Å². The average Bonchev–Trinajstić information content (AvgIpc) is 2.61. The van der Waals surface area contributed by atoms with Gasteiger partial charge in [-0.15, -0.1) is 0 Å². The van der Waals surface area contributed by atoms with E-state index in [1.165, 1.54) is 6.92 Å². The van der Waals surface area contributed by atoms with Gasteiger partial charge in [0.25, 0.3) is 0 Å². The molecule has 5 nitrogen and oxygen atoms in total. The molecule has 0 atom stereocenters. The van der Waals surface area contributed by atoms with Crippen LogP contribution in [0.1, 0.15) is 42.3 Å². The van der Waals surface area contributed by atoms with E-state index in [2.05, 4.69) is 6.58 Å². The number of carbonyl (C=O) groups is 2. The Morgan fingerprint density at radius 1 is 1.08 bits per heavy atom. The predicted molar refractivity (Wildman–Crippen MR) is 99.3 cm³/mol. The highest BCUT2D eigenvalue weighted by Crippen LogP contribution is 2.30. The molecule has 0 saturated carbocycles. The van der Waals surface area contributed by atoms with Crippen LogP contribution in [0.4, 0.5) is 0 Å². The number of esters is 2. The molecule has 0 heterocycles. The average molecular weight is 354 g/mol. The first-order valence-electron chi connectivity index (χ1n) is 8.09. The molecule has 0 aromatic heterocycles. The second-order valence-electron chi connectivity index (χ2n) is 6.18. The highest BCUT2D eigenvalue weighted by Gasteiger charge is 2.28. The summed E-state index contributed by atoms with van der Waals surface area (Å²) in [5, 5.41) is 0. The summed E-state index contributed by atoms with van der Waals surface area (Å²) in [6.45, 7) is 8.54. The van der Waals surface area contributed by atoms with E-state index in [4.69, 9.17) is 14.2 Å². The lowest BCUT2D eigenvalue weighted by atomic mass is 9.97. The topological polar surface area (TPSA) is 61.8 Å². The maximum absolute atomic E-state index is 12.8. The lowest BCUT2D eigenvalue weighted by Crippen LogP contribution is -2.26. The lowest BCUT2D eigenvalue weighted by molar-refractivity contribution is -0.131. The first-order valence-corrected chi connectivity index (χ1v) is 8.09. The molecule has 0 unspecified atom stereocenters. The van der Waals surface area contributed by atoms with E-state index in [1.54, 1.807) is 57.4 Å². The summed E-state index contributed by atoms with van der Waals surface area (Å²) in [6, 6.07) is 12.1. The molecule has 26 heavy (non-hydrogen) atoms. The van der Waals surface area contributed by atoms with Crippen molar-refractivity contribution in [3.63, 3.8) is 0 Å². The van der Waals surface area contributed by atoms with Crippen LogP contribution in [0.5, 0.6) is 11.5 Å². The Balaban J connectivity index is 2.32. The molecule has 136 valence electrons. The van der Waals surface area contributed by atoms with Crippen LogP contribution in [-0.4, -0.2) is 19.0 Å². The minimum absolute atomic E-state index is 0.152. The first kappa shape index (κ1) is 19.2. The Hall–Kier alpha value is -3.08. The Bertz CT molecular complexity index is 819. The molecule has 2 aromatic carbocycles. The maximum atomic E-state index is 12.8. The number of carbonyl (C=O) groups excluding carboxylic acids is 2. The van der Waals surface area contributed by atoms with E-state index < -0.39 is 17.5 Å². The molecule has 0 N–H and O–H groups in total. The Kier molecular flexibility index (Phi) is 5.82. The van der Waals surface area contributed by atoms with Crippen LogP contribution in [-0.2, 0) is 15.1 Å². The summed E-state index contributed by atoms with van der Waals surface area (Å²) >= 11 is 0. The smallest absolute Gasteiger partial charge is 0.342 e. The van der Waals surface area contributed by atoms with Gasteiger partial charge >= 0.3 is 11.9 Å². The quantitative estimate of drug-likeness (QED) is 0.570. The summed E-state index contributed by atoms with van der Waals surface area (Å²) < 4.78 is 16.0. The van der Waals surface area contributed by atoms with Gasteiger partial charge in [-0.3, -0.25) is 4.79 Å². The van der Waals surface area contributed by atoms with Crippen LogP contribution in [0.15, 0.2) is 49.0 Å². The summed E-state index contributed by atoms with van der Waals surface area (Å²) in [5.74, 6) is -0.240. The van der Waals surface area contributed by atoms with Gasteiger partial charge in [0.2, 0.25) is 0 Å². The standard InChI is InChI=1S/C21H22O5/c1-6-15-7-12-19(25-14(2)22)18(13-15)20(23)26-21(3,4)16-8-10-17(24-5)11-9-16/h6-13H,1H2,2-5H3.